The number of aryl methyl sites for hydroxylation is 1. The van der Waals surface area contributed by atoms with Crippen LogP contribution in [-0.2, 0) is 0 Å². The first-order chi connectivity index (χ1) is 11.1. The summed E-state index contributed by atoms with van der Waals surface area (Å²) in [5.74, 6) is 1.43. The van der Waals surface area contributed by atoms with Crippen LogP contribution in [0.25, 0.3) is 0 Å². The summed E-state index contributed by atoms with van der Waals surface area (Å²) in [5.41, 5.74) is 2.27. The lowest BCUT2D eigenvalue weighted by molar-refractivity contribution is 0.0856. The average Bonchev–Trinajstić information content (AvgIpc) is 3.11. The molecule has 1 unspecified atom stereocenters. The number of aromatic amines is 1. The predicted octanol–water partition coefficient (Wildman–Crippen LogP) is 1.64. The van der Waals surface area contributed by atoms with Crippen molar-refractivity contribution in [3.8, 4) is 6.07 Å². The van der Waals surface area contributed by atoms with Crippen LogP contribution in [0.5, 0.6) is 0 Å². The average molecular weight is 312 g/mol. The Morgan fingerprint density at radius 2 is 2.09 bits per heavy atom. The van der Waals surface area contributed by atoms with Gasteiger partial charge in [-0.15, -0.1) is 5.10 Å². The molecule has 7 nitrogen and oxygen atoms in total. The van der Waals surface area contributed by atoms with E-state index in [1.165, 1.54) is 0 Å². The molecule has 0 aliphatic carbocycles. The molecule has 23 heavy (non-hydrogen) atoms. The molecule has 1 aliphatic heterocycles. The minimum absolute atomic E-state index is 0.155. The molecule has 2 aromatic rings. The molecule has 0 saturated carbocycles. The number of anilines is 1. The number of aliphatic hydroxyl groups excluding tert-OH is 1. The van der Waals surface area contributed by atoms with E-state index in [-0.39, 0.29) is 5.92 Å². The summed E-state index contributed by atoms with van der Waals surface area (Å²) in [5, 5.41) is 28.2. The number of aliphatic hydroxyl groups is 1. The summed E-state index contributed by atoms with van der Waals surface area (Å²) in [6.45, 7) is 5.25. The number of aromatic nitrogens is 4. The zero-order valence-electron chi connectivity index (χ0n) is 13.3. The fourth-order valence-corrected chi connectivity index (χ4v) is 3.04. The molecule has 2 N–H and O–H groups in total. The maximum Gasteiger partial charge on any atom is 0.169 e. The predicted molar refractivity (Wildman–Crippen MR) is 84.7 cm³/mol. The Bertz CT molecular complexity index is 713. The minimum Gasteiger partial charge on any atom is -0.385 e. The molecule has 3 rings (SSSR count). The Kier molecular flexibility index (Phi) is 4.26. The van der Waals surface area contributed by atoms with Crippen LogP contribution in [0.3, 0.4) is 0 Å². The van der Waals surface area contributed by atoms with Crippen LogP contribution in [0.15, 0.2) is 12.4 Å². The summed E-state index contributed by atoms with van der Waals surface area (Å²) in [7, 11) is 0. The monoisotopic (exact) mass is 312 g/mol. The zero-order valence-corrected chi connectivity index (χ0v) is 13.3. The van der Waals surface area contributed by atoms with E-state index in [1.807, 2.05) is 13.8 Å². The van der Waals surface area contributed by atoms with Gasteiger partial charge in [-0.1, -0.05) is 0 Å². The zero-order chi connectivity index (χ0) is 16.4. The number of piperidine rings is 1. The van der Waals surface area contributed by atoms with Gasteiger partial charge in [0, 0.05) is 25.5 Å². The van der Waals surface area contributed by atoms with Crippen molar-refractivity contribution in [2.24, 2.45) is 5.92 Å². The van der Waals surface area contributed by atoms with E-state index in [2.05, 4.69) is 31.1 Å². The van der Waals surface area contributed by atoms with E-state index >= 15 is 0 Å². The lowest BCUT2D eigenvalue weighted by atomic mass is 9.90. The lowest BCUT2D eigenvalue weighted by Crippen LogP contribution is -2.37. The Morgan fingerprint density at radius 3 is 2.70 bits per heavy atom. The van der Waals surface area contributed by atoms with Gasteiger partial charge < -0.3 is 15.0 Å². The second-order valence-electron chi connectivity index (χ2n) is 5.96. The Labute approximate surface area is 135 Å². The van der Waals surface area contributed by atoms with Crippen LogP contribution >= 0.6 is 0 Å². The quantitative estimate of drug-likeness (QED) is 0.893. The fraction of sp³-hybridized carbons (Fsp3) is 0.500. The summed E-state index contributed by atoms with van der Waals surface area (Å²) >= 11 is 0. The van der Waals surface area contributed by atoms with Gasteiger partial charge in [0.25, 0.3) is 0 Å². The van der Waals surface area contributed by atoms with Crippen molar-refractivity contribution in [3.63, 3.8) is 0 Å². The van der Waals surface area contributed by atoms with Gasteiger partial charge in [-0.3, -0.25) is 0 Å². The number of H-pyrrole nitrogens is 1. The molecule has 0 amide bonds. The second kappa shape index (κ2) is 6.34. The SMILES string of the molecule is Cc1nnc(N2CCC(C(O)c3ncc[nH]3)CC2)c(C#N)c1C. The molecule has 1 atom stereocenters. The van der Waals surface area contributed by atoms with Crippen LogP contribution in [0.1, 0.15) is 41.6 Å². The summed E-state index contributed by atoms with van der Waals surface area (Å²) in [6, 6.07) is 2.25. The topological polar surface area (TPSA) is 102 Å². The van der Waals surface area contributed by atoms with E-state index in [1.54, 1.807) is 12.4 Å². The molecule has 0 aromatic carbocycles. The molecule has 0 radical (unpaired) electrons. The van der Waals surface area contributed by atoms with E-state index < -0.39 is 6.10 Å². The van der Waals surface area contributed by atoms with E-state index in [4.69, 9.17) is 0 Å². The van der Waals surface area contributed by atoms with Crippen molar-refractivity contribution >= 4 is 5.82 Å². The summed E-state index contributed by atoms with van der Waals surface area (Å²) in [6.07, 6.45) is 4.44. The van der Waals surface area contributed by atoms with Gasteiger partial charge in [-0.2, -0.15) is 10.4 Å². The number of nitrogens with zero attached hydrogens (tertiary/aromatic N) is 5. The lowest BCUT2D eigenvalue weighted by Gasteiger charge is -2.34. The fourth-order valence-electron chi connectivity index (χ4n) is 3.04. The molecule has 2 aromatic heterocycles. The number of rotatable bonds is 3. The molecule has 1 aliphatic rings. The highest BCUT2D eigenvalue weighted by molar-refractivity contribution is 5.57. The van der Waals surface area contributed by atoms with Gasteiger partial charge in [0.05, 0.1) is 5.69 Å². The standard InChI is InChI=1S/C16H20N6O/c1-10-11(2)20-21-16(13(10)9-17)22-7-3-12(4-8-22)14(23)15-18-5-6-19-15/h5-6,12,14,23H,3-4,7-8H2,1-2H3,(H,18,19). The van der Waals surface area contributed by atoms with Crippen molar-refractivity contribution in [2.75, 3.05) is 18.0 Å². The first-order valence-electron chi connectivity index (χ1n) is 7.78. The Hall–Kier alpha value is -2.46. The number of imidazole rings is 1. The van der Waals surface area contributed by atoms with Crippen molar-refractivity contribution in [1.82, 2.24) is 20.2 Å². The molecule has 1 fully saturated rings. The van der Waals surface area contributed by atoms with E-state index in [9.17, 15) is 10.4 Å². The second-order valence-corrected chi connectivity index (χ2v) is 5.96. The van der Waals surface area contributed by atoms with Crippen molar-refractivity contribution in [1.29, 1.82) is 5.26 Å². The van der Waals surface area contributed by atoms with Crippen molar-refractivity contribution < 1.29 is 5.11 Å². The van der Waals surface area contributed by atoms with E-state index in [0.717, 1.165) is 37.2 Å². The third-order valence-corrected chi connectivity index (χ3v) is 4.63. The highest BCUT2D eigenvalue weighted by Gasteiger charge is 2.29. The van der Waals surface area contributed by atoms with Crippen LogP contribution in [0.2, 0.25) is 0 Å². The van der Waals surface area contributed by atoms with Gasteiger partial charge in [-0.25, -0.2) is 4.98 Å². The number of nitrogens with one attached hydrogen (secondary N) is 1. The molecule has 0 bridgehead atoms. The Balaban J connectivity index is 1.73. The highest BCUT2D eigenvalue weighted by atomic mass is 16.3. The molecule has 7 heteroatoms. The van der Waals surface area contributed by atoms with Crippen molar-refractivity contribution in [3.05, 3.63) is 35.0 Å². The Morgan fingerprint density at radius 1 is 1.35 bits per heavy atom. The largest absolute Gasteiger partial charge is 0.385 e. The molecular weight excluding hydrogens is 292 g/mol. The first kappa shape index (κ1) is 15.4. The maximum absolute atomic E-state index is 10.4. The van der Waals surface area contributed by atoms with Gasteiger partial charge in [0.15, 0.2) is 5.82 Å². The van der Waals surface area contributed by atoms with Crippen LogP contribution in [0, 0.1) is 31.1 Å². The summed E-state index contributed by atoms with van der Waals surface area (Å²) < 4.78 is 0. The normalized spacial score (nSPS) is 17.0. The molecule has 120 valence electrons. The van der Waals surface area contributed by atoms with Crippen LogP contribution in [-0.4, -0.2) is 38.4 Å². The van der Waals surface area contributed by atoms with E-state index in [0.29, 0.717) is 17.2 Å². The number of nitriles is 1. The van der Waals surface area contributed by atoms with Gasteiger partial charge in [-0.05, 0) is 38.2 Å². The first-order valence-corrected chi connectivity index (χ1v) is 7.78. The minimum atomic E-state index is -0.576. The van der Waals surface area contributed by atoms with Gasteiger partial charge >= 0.3 is 0 Å². The third-order valence-electron chi connectivity index (χ3n) is 4.63. The number of hydrogen-bond acceptors (Lipinski definition) is 6. The molecule has 1 saturated heterocycles. The summed E-state index contributed by atoms with van der Waals surface area (Å²) in [4.78, 5) is 9.19. The highest BCUT2D eigenvalue weighted by Crippen LogP contribution is 2.32. The number of hydrogen-bond donors (Lipinski definition) is 2. The smallest absolute Gasteiger partial charge is 0.169 e. The van der Waals surface area contributed by atoms with Crippen LogP contribution in [0.4, 0.5) is 5.82 Å². The van der Waals surface area contributed by atoms with Gasteiger partial charge in [0.2, 0.25) is 0 Å². The molecule has 3 heterocycles. The molecular formula is C16H20N6O. The molecule has 0 spiro atoms. The maximum atomic E-state index is 10.4. The van der Waals surface area contributed by atoms with Crippen LogP contribution < -0.4 is 4.90 Å². The third kappa shape index (κ3) is 2.90. The van der Waals surface area contributed by atoms with Gasteiger partial charge in [0.1, 0.15) is 23.6 Å². The van der Waals surface area contributed by atoms with Crippen molar-refractivity contribution in [2.45, 2.75) is 32.8 Å².